The molecule has 2 heterocycles. The van der Waals surface area contributed by atoms with Crippen LogP contribution in [-0.2, 0) is 30.8 Å². The van der Waals surface area contributed by atoms with Crippen molar-refractivity contribution in [1.29, 1.82) is 0 Å². The fourth-order valence-corrected chi connectivity index (χ4v) is 4.63. The van der Waals surface area contributed by atoms with Crippen LogP contribution in [0.15, 0.2) is 22.7 Å². The van der Waals surface area contributed by atoms with E-state index in [0.29, 0.717) is 25.1 Å². The number of rotatable bonds is 7. The first kappa shape index (κ1) is 22.2. The minimum Gasteiger partial charge on any atom is -0.350 e. The van der Waals surface area contributed by atoms with E-state index in [1.807, 2.05) is 6.07 Å². The third-order valence-electron chi connectivity index (χ3n) is 5.52. The SMILES string of the molecule is CC(CCN1Cc2cc(Br)ccc2C1=O)(C(=O)NOC1CCCCO1)S(C)(=O)=O. The standard InChI is InChI=1S/C19H25BrN2O6S/c1-19(29(2,25)26,18(24)21-28-16-5-3-4-10-27-16)8-9-22-12-13-11-14(20)6-7-15(13)17(22)23/h6-7,11,16H,3-5,8-10,12H2,1-2H3,(H,21,24). The Hall–Kier alpha value is -1.49. The van der Waals surface area contributed by atoms with Crippen LogP contribution in [0.4, 0.5) is 0 Å². The van der Waals surface area contributed by atoms with Crippen LogP contribution in [0, 0.1) is 0 Å². The zero-order chi connectivity index (χ0) is 21.2. The van der Waals surface area contributed by atoms with Crippen LogP contribution >= 0.6 is 15.9 Å². The Bertz CT molecular complexity index is 900. The number of nitrogens with one attached hydrogen (secondary N) is 1. The number of hydroxylamine groups is 1. The highest BCUT2D eigenvalue weighted by Crippen LogP contribution is 2.28. The van der Waals surface area contributed by atoms with E-state index in [1.54, 1.807) is 17.0 Å². The van der Waals surface area contributed by atoms with Gasteiger partial charge in [0.2, 0.25) is 0 Å². The summed E-state index contributed by atoms with van der Waals surface area (Å²) < 4.78 is 29.4. The van der Waals surface area contributed by atoms with Crippen LogP contribution in [0.5, 0.6) is 0 Å². The van der Waals surface area contributed by atoms with Gasteiger partial charge in [-0.2, -0.15) is 0 Å². The van der Waals surface area contributed by atoms with Gasteiger partial charge in [0, 0.05) is 42.4 Å². The summed E-state index contributed by atoms with van der Waals surface area (Å²) in [5, 5.41) is 0. The number of amides is 2. The van der Waals surface area contributed by atoms with Crippen molar-refractivity contribution in [1.82, 2.24) is 10.4 Å². The van der Waals surface area contributed by atoms with Crippen LogP contribution in [-0.4, -0.2) is 55.6 Å². The van der Waals surface area contributed by atoms with Gasteiger partial charge in [0.15, 0.2) is 20.9 Å². The highest BCUT2D eigenvalue weighted by atomic mass is 79.9. The molecule has 3 rings (SSSR count). The lowest BCUT2D eigenvalue weighted by atomic mass is 10.1. The molecule has 1 aromatic carbocycles. The van der Waals surface area contributed by atoms with Gasteiger partial charge in [0.05, 0.1) is 0 Å². The molecule has 160 valence electrons. The summed E-state index contributed by atoms with van der Waals surface area (Å²) in [4.78, 5) is 32.1. The minimum atomic E-state index is -3.78. The molecule has 0 spiro atoms. The molecule has 2 atom stereocenters. The van der Waals surface area contributed by atoms with Crippen molar-refractivity contribution in [3.63, 3.8) is 0 Å². The fourth-order valence-electron chi connectivity index (χ4n) is 3.38. The van der Waals surface area contributed by atoms with E-state index in [1.165, 1.54) is 6.92 Å². The average Bonchev–Trinajstić information content (AvgIpc) is 2.99. The second-order valence-corrected chi connectivity index (χ2v) is 11.0. The number of ether oxygens (including phenoxy) is 1. The van der Waals surface area contributed by atoms with E-state index in [9.17, 15) is 18.0 Å². The highest BCUT2D eigenvalue weighted by Gasteiger charge is 2.45. The first-order chi connectivity index (χ1) is 13.6. The topological polar surface area (TPSA) is 102 Å². The normalized spacial score (nSPS) is 21.6. The molecular formula is C19H25BrN2O6S. The zero-order valence-electron chi connectivity index (χ0n) is 16.4. The molecule has 10 heteroatoms. The predicted molar refractivity (Wildman–Crippen MR) is 110 cm³/mol. The maximum atomic E-state index is 12.7. The quantitative estimate of drug-likeness (QED) is 0.590. The lowest BCUT2D eigenvalue weighted by Gasteiger charge is -2.29. The third kappa shape index (κ3) is 4.82. The van der Waals surface area contributed by atoms with E-state index < -0.39 is 26.8 Å². The molecule has 1 aromatic rings. The number of hydrogen-bond donors (Lipinski definition) is 1. The Kier molecular flexibility index (Phi) is 6.67. The van der Waals surface area contributed by atoms with Crippen LogP contribution in [0.2, 0.25) is 0 Å². The minimum absolute atomic E-state index is 0.0482. The van der Waals surface area contributed by atoms with Gasteiger partial charge in [-0.1, -0.05) is 15.9 Å². The largest absolute Gasteiger partial charge is 0.350 e. The molecule has 0 radical (unpaired) electrons. The Morgan fingerprint density at radius 3 is 2.83 bits per heavy atom. The molecule has 1 N–H and O–H groups in total. The summed E-state index contributed by atoms with van der Waals surface area (Å²) in [6.07, 6.45) is 2.86. The van der Waals surface area contributed by atoms with Gasteiger partial charge in [-0.25, -0.2) is 18.7 Å². The molecule has 2 aliphatic heterocycles. The third-order valence-corrected chi connectivity index (χ3v) is 8.04. The van der Waals surface area contributed by atoms with Crippen molar-refractivity contribution in [2.24, 2.45) is 0 Å². The van der Waals surface area contributed by atoms with Gasteiger partial charge in [0.1, 0.15) is 0 Å². The Morgan fingerprint density at radius 2 is 2.17 bits per heavy atom. The van der Waals surface area contributed by atoms with Crippen LogP contribution in [0.25, 0.3) is 0 Å². The van der Waals surface area contributed by atoms with Gasteiger partial charge in [-0.3, -0.25) is 9.59 Å². The second-order valence-electron chi connectivity index (χ2n) is 7.63. The number of nitrogens with zero attached hydrogens (tertiary/aromatic N) is 1. The van der Waals surface area contributed by atoms with Gasteiger partial charge >= 0.3 is 0 Å². The Balaban J connectivity index is 1.66. The smallest absolute Gasteiger partial charge is 0.264 e. The van der Waals surface area contributed by atoms with Gasteiger partial charge in [-0.05, 0) is 49.9 Å². The maximum Gasteiger partial charge on any atom is 0.264 e. The first-order valence-corrected chi connectivity index (χ1v) is 12.2. The molecule has 1 saturated heterocycles. The predicted octanol–water partition coefficient (Wildman–Crippen LogP) is 2.17. The second kappa shape index (κ2) is 8.71. The number of halogens is 1. The van der Waals surface area contributed by atoms with Crippen LogP contribution in [0.3, 0.4) is 0 Å². The van der Waals surface area contributed by atoms with Crippen molar-refractivity contribution >= 4 is 37.6 Å². The van der Waals surface area contributed by atoms with Gasteiger partial charge in [-0.15, -0.1) is 0 Å². The number of sulfone groups is 1. The lowest BCUT2D eigenvalue weighted by Crippen LogP contribution is -2.52. The van der Waals surface area contributed by atoms with Crippen molar-refractivity contribution in [2.45, 2.75) is 50.2 Å². The Morgan fingerprint density at radius 1 is 1.41 bits per heavy atom. The molecule has 0 bridgehead atoms. The van der Waals surface area contributed by atoms with Crippen molar-refractivity contribution in [3.8, 4) is 0 Å². The fraction of sp³-hybridized carbons (Fsp3) is 0.579. The van der Waals surface area contributed by atoms with Crippen molar-refractivity contribution < 1.29 is 27.6 Å². The number of carbonyl (C=O) groups excluding carboxylic acids is 2. The van der Waals surface area contributed by atoms with E-state index in [0.717, 1.165) is 29.1 Å². The summed E-state index contributed by atoms with van der Waals surface area (Å²) in [7, 11) is -3.78. The molecule has 0 aliphatic carbocycles. The zero-order valence-corrected chi connectivity index (χ0v) is 18.8. The van der Waals surface area contributed by atoms with Crippen LogP contribution < -0.4 is 5.48 Å². The molecule has 2 unspecified atom stereocenters. The summed E-state index contributed by atoms with van der Waals surface area (Å²) in [6.45, 7) is 2.40. The summed E-state index contributed by atoms with van der Waals surface area (Å²) in [5.74, 6) is -0.934. The number of carbonyl (C=O) groups is 2. The molecule has 29 heavy (non-hydrogen) atoms. The first-order valence-electron chi connectivity index (χ1n) is 9.47. The van der Waals surface area contributed by atoms with E-state index >= 15 is 0 Å². The molecule has 0 aromatic heterocycles. The van der Waals surface area contributed by atoms with Gasteiger partial charge in [0.25, 0.3) is 11.8 Å². The number of benzene rings is 1. The molecule has 8 nitrogen and oxygen atoms in total. The summed E-state index contributed by atoms with van der Waals surface area (Å²) in [5.41, 5.74) is 3.72. The monoisotopic (exact) mass is 488 g/mol. The summed E-state index contributed by atoms with van der Waals surface area (Å²) >= 11 is 3.38. The maximum absolute atomic E-state index is 12.7. The lowest BCUT2D eigenvalue weighted by molar-refractivity contribution is -0.201. The molecule has 2 amide bonds. The molecule has 1 fully saturated rings. The van der Waals surface area contributed by atoms with Crippen molar-refractivity contribution in [2.75, 3.05) is 19.4 Å². The molecule has 2 aliphatic rings. The van der Waals surface area contributed by atoms with E-state index in [-0.39, 0.29) is 18.9 Å². The molecular weight excluding hydrogens is 464 g/mol. The van der Waals surface area contributed by atoms with Gasteiger partial charge < -0.3 is 9.64 Å². The van der Waals surface area contributed by atoms with Crippen molar-refractivity contribution in [3.05, 3.63) is 33.8 Å². The highest BCUT2D eigenvalue weighted by molar-refractivity contribution is 9.10. The van der Waals surface area contributed by atoms with Crippen LogP contribution in [0.1, 0.15) is 48.5 Å². The Labute approximate surface area is 178 Å². The summed E-state index contributed by atoms with van der Waals surface area (Å²) in [6, 6.07) is 5.40. The van der Waals surface area contributed by atoms with E-state index in [2.05, 4.69) is 21.4 Å². The average molecular weight is 489 g/mol. The van der Waals surface area contributed by atoms with E-state index in [4.69, 9.17) is 9.57 Å². The number of hydrogen-bond acceptors (Lipinski definition) is 6. The number of fused-ring (bicyclic) bond motifs is 1. The molecule has 0 saturated carbocycles.